The fourth-order valence-electron chi connectivity index (χ4n) is 1.82. The molecule has 1 unspecified atom stereocenters. The number of furan rings is 1. The van der Waals surface area contributed by atoms with Crippen molar-refractivity contribution in [2.75, 3.05) is 6.54 Å². The number of nitrogens with one attached hydrogen (secondary N) is 1. The van der Waals surface area contributed by atoms with E-state index >= 15 is 0 Å². The summed E-state index contributed by atoms with van der Waals surface area (Å²) in [6.07, 6.45) is 1.34. The summed E-state index contributed by atoms with van der Waals surface area (Å²) >= 11 is 0. The molecule has 0 saturated carbocycles. The second kappa shape index (κ2) is 5.98. The van der Waals surface area contributed by atoms with Crippen molar-refractivity contribution in [1.29, 1.82) is 0 Å². The van der Waals surface area contributed by atoms with E-state index in [-0.39, 0.29) is 18.9 Å². The highest BCUT2D eigenvalue weighted by atomic mass is 16.6. The van der Waals surface area contributed by atoms with Gasteiger partial charge >= 0.3 is 5.82 Å². The molecule has 2 rings (SSSR count). The Bertz CT molecular complexity index is 688. The van der Waals surface area contributed by atoms with Gasteiger partial charge in [0.1, 0.15) is 23.7 Å². The number of aryl methyl sites for hydroxylation is 1. The third-order valence-electron chi connectivity index (χ3n) is 3.02. The second-order valence-corrected chi connectivity index (χ2v) is 5.09. The van der Waals surface area contributed by atoms with Crippen LogP contribution in [-0.4, -0.2) is 32.3 Å². The van der Waals surface area contributed by atoms with Gasteiger partial charge in [-0.25, -0.2) is 0 Å². The van der Waals surface area contributed by atoms with Crippen molar-refractivity contribution in [3.63, 3.8) is 0 Å². The number of nitrogens with zero attached hydrogens (tertiary/aromatic N) is 3. The lowest BCUT2D eigenvalue weighted by Crippen LogP contribution is -2.39. The molecule has 9 nitrogen and oxygen atoms in total. The van der Waals surface area contributed by atoms with Crippen LogP contribution in [0.25, 0.3) is 0 Å². The fraction of sp³-hybridized carbons (Fsp3) is 0.385. The Balaban J connectivity index is 1.90. The van der Waals surface area contributed by atoms with Gasteiger partial charge in [0.15, 0.2) is 0 Å². The van der Waals surface area contributed by atoms with Gasteiger partial charge < -0.3 is 25.0 Å². The van der Waals surface area contributed by atoms with Crippen LogP contribution >= 0.6 is 0 Å². The summed E-state index contributed by atoms with van der Waals surface area (Å²) in [6, 6.07) is 4.56. The lowest BCUT2D eigenvalue weighted by Gasteiger charge is -2.21. The first-order valence-electron chi connectivity index (χ1n) is 6.52. The van der Waals surface area contributed by atoms with Crippen LogP contribution in [-0.2, 0) is 16.9 Å². The molecular formula is C13H16N4O5. The minimum atomic E-state index is -1.35. The molecule has 0 bridgehead atoms. The first kappa shape index (κ1) is 15.7. The third kappa shape index (κ3) is 3.70. The van der Waals surface area contributed by atoms with Crippen molar-refractivity contribution >= 4 is 11.7 Å². The quantitative estimate of drug-likeness (QED) is 0.598. The molecular weight excluding hydrogens is 292 g/mol. The Morgan fingerprint density at radius 2 is 2.27 bits per heavy atom. The Kier molecular flexibility index (Phi) is 4.27. The largest absolute Gasteiger partial charge is 0.463 e. The monoisotopic (exact) mass is 308 g/mol. The molecule has 0 aliphatic rings. The molecule has 2 heterocycles. The van der Waals surface area contributed by atoms with Crippen molar-refractivity contribution in [2.45, 2.75) is 26.0 Å². The van der Waals surface area contributed by atoms with E-state index in [0.29, 0.717) is 11.5 Å². The zero-order valence-corrected chi connectivity index (χ0v) is 12.1. The number of carbonyl (C=O) groups excluding carboxylic acids is 1. The predicted molar refractivity (Wildman–Crippen MR) is 74.9 cm³/mol. The van der Waals surface area contributed by atoms with Crippen LogP contribution in [0.4, 0.5) is 5.82 Å². The lowest BCUT2D eigenvalue weighted by molar-refractivity contribution is -0.389. The van der Waals surface area contributed by atoms with Gasteiger partial charge in [-0.05, 0) is 30.9 Å². The van der Waals surface area contributed by atoms with Crippen molar-refractivity contribution in [1.82, 2.24) is 15.1 Å². The highest BCUT2D eigenvalue weighted by Crippen LogP contribution is 2.21. The van der Waals surface area contributed by atoms with Crippen LogP contribution in [0.1, 0.15) is 18.4 Å². The number of amides is 1. The summed E-state index contributed by atoms with van der Waals surface area (Å²) < 4.78 is 6.49. The average Bonchev–Trinajstić information content (AvgIpc) is 3.06. The molecule has 2 aromatic heterocycles. The summed E-state index contributed by atoms with van der Waals surface area (Å²) in [5, 5.41) is 26.9. The molecule has 0 aliphatic carbocycles. The maximum Gasteiger partial charge on any atom is 0.389 e. The maximum atomic E-state index is 11.8. The molecule has 0 spiro atoms. The second-order valence-electron chi connectivity index (χ2n) is 5.09. The van der Waals surface area contributed by atoms with Crippen molar-refractivity contribution in [3.8, 4) is 0 Å². The average molecular weight is 308 g/mol. The molecule has 0 aromatic carbocycles. The van der Waals surface area contributed by atoms with Crippen molar-refractivity contribution < 1.29 is 19.2 Å². The van der Waals surface area contributed by atoms with Crippen LogP contribution < -0.4 is 5.32 Å². The number of nitro groups is 1. The number of hydrogen-bond acceptors (Lipinski definition) is 6. The Labute approximate surface area is 125 Å². The van der Waals surface area contributed by atoms with E-state index in [0.717, 1.165) is 4.68 Å². The number of aliphatic hydroxyl groups is 1. The third-order valence-corrected chi connectivity index (χ3v) is 3.02. The van der Waals surface area contributed by atoms with Gasteiger partial charge in [-0.15, -0.1) is 0 Å². The summed E-state index contributed by atoms with van der Waals surface area (Å²) in [7, 11) is 0. The van der Waals surface area contributed by atoms with E-state index in [1.807, 2.05) is 0 Å². The first-order valence-corrected chi connectivity index (χ1v) is 6.52. The number of aromatic nitrogens is 2. The predicted octanol–water partition coefficient (Wildman–Crippen LogP) is 0.717. The molecule has 0 aliphatic heterocycles. The normalized spacial score (nSPS) is 13.6. The Hall–Kier alpha value is -2.68. The highest BCUT2D eigenvalue weighted by Gasteiger charge is 2.27. The molecule has 2 aromatic rings. The van der Waals surface area contributed by atoms with Gasteiger partial charge in [-0.3, -0.25) is 4.79 Å². The highest BCUT2D eigenvalue weighted by molar-refractivity contribution is 5.75. The van der Waals surface area contributed by atoms with Crippen molar-refractivity contribution in [3.05, 3.63) is 46.0 Å². The molecule has 118 valence electrons. The Morgan fingerprint density at radius 3 is 2.82 bits per heavy atom. The van der Waals surface area contributed by atoms with Gasteiger partial charge in [-0.1, -0.05) is 0 Å². The zero-order valence-electron chi connectivity index (χ0n) is 12.1. The van der Waals surface area contributed by atoms with Gasteiger partial charge in [0.2, 0.25) is 5.91 Å². The number of rotatable bonds is 6. The van der Waals surface area contributed by atoms with E-state index in [2.05, 4.69) is 10.4 Å². The van der Waals surface area contributed by atoms with E-state index < -0.39 is 16.4 Å². The Morgan fingerprint density at radius 1 is 1.55 bits per heavy atom. The smallest absolute Gasteiger partial charge is 0.389 e. The van der Waals surface area contributed by atoms with E-state index in [9.17, 15) is 20.0 Å². The van der Waals surface area contributed by atoms with E-state index in [4.69, 9.17) is 4.42 Å². The molecule has 1 atom stereocenters. The van der Waals surface area contributed by atoms with Crippen LogP contribution in [0.5, 0.6) is 0 Å². The molecule has 2 N–H and O–H groups in total. The molecule has 9 heteroatoms. The molecule has 1 amide bonds. The minimum Gasteiger partial charge on any atom is -0.463 e. The zero-order chi connectivity index (χ0) is 16.3. The molecule has 22 heavy (non-hydrogen) atoms. The topological polar surface area (TPSA) is 123 Å². The van der Waals surface area contributed by atoms with Crippen LogP contribution in [0.3, 0.4) is 0 Å². The summed E-state index contributed by atoms with van der Waals surface area (Å²) in [4.78, 5) is 21.7. The van der Waals surface area contributed by atoms with Crippen LogP contribution in [0.15, 0.2) is 28.8 Å². The van der Waals surface area contributed by atoms with Crippen LogP contribution in [0.2, 0.25) is 0 Å². The summed E-state index contributed by atoms with van der Waals surface area (Å²) in [5.41, 5.74) is -1.35. The summed E-state index contributed by atoms with van der Waals surface area (Å²) in [5.74, 6) is 0.248. The molecule has 0 fully saturated rings. The standard InChI is InChI=1S/C13H16N4O5/c1-9-3-4-10(22-9)13(2,19)8-14-12(18)7-16-6-5-11(15-16)17(20)21/h3-6,19H,7-8H2,1-2H3,(H,14,18). The van der Waals surface area contributed by atoms with Crippen molar-refractivity contribution in [2.24, 2.45) is 0 Å². The fourth-order valence-corrected chi connectivity index (χ4v) is 1.82. The number of hydrogen-bond donors (Lipinski definition) is 2. The van der Waals surface area contributed by atoms with E-state index in [1.54, 1.807) is 19.1 Å². The molecule has 0 radical (unpaired) electrons. The van der Waals surface area contributed by atoms with Gasteiger partial charge in [0.05, 0.1) is 23.9 Å². The summed E-state index contributed by atoms with van der Waals surface area (Å²) in [6.45, 7) is 3.04. The lowest BCUT2D eigenvalue weighted by atomic mass is 10.0. The van der Waals surface area contributed by atoms with Gasteiger partial charge in [-0.2, -0.15) is 4.68 Å². The SMILES string of the molecule is Cc1ccc(C(C)(O)CNC(=O)Cn2ccc([N+](=O)[O-])n2)o1. The minimum absolute atomic E-state index is 0.0534. The first-order chi connectivity index (χ1) is 10.3. The van der Waals surface area contributed by atoms with E-state index in [1.165, 1.54) is 19.2 Å². The van der Waals surface area contributed by atoms with Gasteiger partial charge in [0, 0.05) is 0 Å². The van der Waals surface area contributed by atoms with Crippen LogP contribution in [0, 0.1) is 17.0 Å². The molecule has 0 saturated heterocycles. The van der Waals surface area contributed by atoms with Gasteiger partial charge in [0.25, 0.3) is 0 Å². The maximum absolute atomic E-state index is 11.8. The number of carbonyl (C=O) groups is 1.